The molecule has 5 N–H and O–H groups in total. The molecule has 2 aliphatic heterocycles. The number of carbonyl (C=O) groups excluding carboxylic acids is 5. The number of nitrogens with two attached hydrogens (primary N) is 1. The van der Waals surface area contributed by atoms with Crippen molar-refractivity contribution in [3.63, 3.8) is 0 Å². The Balaban J connectivity index is 1.66. The fourth-order valence-electron chi connectivity index (χ4n) is 3.77. The fraction of sp³-hybridized carbons (Fsp3) is 0.182. The molecule has 4 unspecified atom stereocenters. The van der Waals surface area contributed by atoms with Crippen molar-refractivity contribution in [2.75, 3.05) is 5.75 Å². The third kappa shape index (κ3) is 4.45. The number of aliphatic hydroxyl groups is 1. The molecule has 0 aromatic heterocycles. The molecule has 1 aliphatic carbocycles. The SMILES string of the molecule is NC(=O)C1=C(O)C=CC(=O)C1=NC(C(=O)NC1C(=O)[S+]2CC(Cl)=C(C(=O)[O-])NC12)c1ccccc1. The average Bonchev–Trinajstić information content (AvgIpc) is 2.82. The molecule has 0 saturated carbocycles. The highest BCUT2D eigenvalue weighted by Crippen LogP contribution is 2.33. The van der Waals surface area contributed by atoms with E-state index in [1.807, 2.05) is 0 Å². The van der Waals surface area contributed by atoms with Crippen molar-refractivity contribution in [3.8, 4) is 0 Å². The zero-order valence-electron chi connectivity index (χ0n) is 17.7. The van der Waals surface area contributed by atoms with Crippen LogP contribution < -0.4 is 21.5 Å². The first-order valence-electron chi connectivity index (χ1n) is 10.1. The number of rotatable bonds is 6. The molecule has 3 aliphatic rings. The molecule has 4 rings (SSSR count). The summed E-state index contributed by atoms with van der Waals surface area (Å²) in [4.78, 5) is 65.7. The largest absolute Gasteiger partial charge is 0.543 e. The number of halogens is 1. The van der Waals surface area contributed by atoms with Crippen molar-refractivity contribution in [3.05, 3.63) is 70.1 Å². The summed E-state index contributed by atoms with van der Waals surface area (Å²) < 4.78 is 0. The lowest BCUT2D eigenvalue weighted by Gasteiger charge is -2.38. The molecule has 180 valence electrons. The van der Waals surface area contributed by atoms with E-state index in [2.05, 4.69) is 15.6 Å². The second kappa shape index (κ2) is 9.39. The minimum Gasteiger partial charge on any atom is -0.543 e. The average molecular weight is 517 g/mol. The third-order valence-corrected chi connectivity index (χ3v) is 8.31. The van der Waals surface area contributed by atoms with E-state index >= 15 is 0 Å². The molecule has 1 fully saturated rings. The number of aliphatic carboxylic acids is 1. The maximum atomic E-state index is 13.3. The number of hydrogen-bond donors (Lipinski definition) is 4. The first-order valence-corrected chi connectivity index (χ1v) is 11.9. The van der Waals surface area contributed by atoms with Gasteiger partial charge in [-0.25, -0.2) is 4.79 Å². The molecule has 11 nitrogen and oxygen atoms in total. The van der Waals surface area contributed by atoms with Crippen molar-refractivity contribution in [1.82, 2.24) is 10.6 Å². The Morgan fingerprint density at radius 2 is 1.91 bits per heavy atom. The lowest BCUT2D eigenvalue weighted by atomic mass is 9.97. The van der Waals surface area contributed by atoms with Gasteiger partial charge >= 0.3 is 5.12 Å². The molecule has 1 aromatic carbocycles. The van der Waals surface area contributed by atoms with Crippen LogP contribution in [0.15, 0.2) is 69.5 Å². The van der Waals surface area contributed by atoms with Gasteiger partial charge in [0.2, 0.25) is 23.1 Å². The number of allylic oxidation sites excluding steroid dienone is 2. The van der Waals surface area contributed by atoms with Crippen LogP contribution >= 0.6 is 11.6 Å². The van der Waals surface area contributed by atoms with Crippen molar-refractivity contribution >= 4 is 56.9 Å². The van der Waals surface area contributed by atoms with Crippen LogP contribution in [0, 0.1) is 0 Å². The van der Waals surface area contributed by atoms with Crippen LogP contribution in [-0.4, -0.2) is 56.7 Å². The lowest BCUT2D eigenvalue weighted by molar-refractivity contribution is -0.299. The molecular weight excluding hydrogens is 500 g/mol. The van der Waals surface area contributed by atoms with Crippen LogP contribution in [0.5, 0.6) is 0 Å². The number of hydrogen-bond acceptors (Lipinski definition) is 9. The molecular formula is C22H17ClN4O7S. The highest BCUT2D eigenvalue weighted by Gasteiger charge is 2.64. The van der Waals surface area contributed by atoms with Crippen molar-refractivity contribution in [2.24, 2.45) is 10.7 Å². The molecule has 4 atom stereocenters. The maximum Gasteiger partial charge on any atom is 0.363 e. The van der Waals surface area contributed by atoms with Crippen molar-refractivity contribution in [2.45, 2.75) is 17.5 Å². The van der Waals surface area contributed by atoms with E-state index in [4.69, 9.17) is 17.3 Å². The van der Waals surface area contributed by atoms with Gasteiger partial charge in [-0.05, 0) is 17.7 Å². The minimum absolute atomic E-state index is 0.0189. The number of primary amides is 1. The van der Waals surface area contributed by atoms with Gasteiger partial charge in [-0.3, -0.25) is 19.4 Å². The van der Waals surface area contributed by atoms with Crippen LogP contribution in [-0.2, 0) is 34.9 Å². The summed E-state index contributed by atoms with van der Waals surface area (Å²) in [5.41, 5.74) is 4.23. The summed E-state index contributed by atoms with van der Waals surface area (Å²) in [5.74, 6) is -4.76. The van der Waals surface area contributed by atoms with Gasteiger partial charge < -0.3 is 31.4 Å². The summed E-state index contributed by atoms with van der Waals surface area (Å²) in [5, 5.41) is 25.4. The van der Waals surface area contributed by atoms with Crippen molar-refractivity contribution in [1.29, 1.82) is 0 Å². The van der Waals surface area contributed by atoms with Gasteiger partial charge in [0.15, 0.2) is 11.8 Å². The molecule has 1 saturated heterocycles. The number of amides is 2. The predicted octanol–water partition coefficient (Wildman–Crippen LogP) is -1.62. The lowest BCUT2D eigenvalue weighted by Crippen LogP contribution is -2.72. The number of fused-ring (bicyclic) bond motifs is 1. The highest BCUT2D eigenvalue weighted by atomic mass is 35.5. The van der Waals surface area contributed by atoms with Gasteiger partial charge in [0.1, 0.15) is 17.0 Å². The van der Waals surface area contributed by atoms with Crippen LogP contribution in [0.4, 0.5) is 0 Å². The van der Waals surface area contributed by atoms with E-state index in [1.165, 1.54) is 0 Å². The molecule has 0 radical (unpaired) electrons. The van der Waals surface area contributed by atoms with Gasteiger partial charge in [-0.2, -0.15) is 0 Å². The van der Waals surface area contributed by atoms with Crippen LogP contribution in [0.1, 0.15) is 11.6 Å². The number of aliphatic imine (C=N–C) groups is 1. The molecule has 0 spiro atoms. The van der Waals surface area contributed by atoms with Gasteiger partial charge in [0.05, 0.1) is 27.6 Å². The third-order valence-electron chi connectivity index (χ3n) is 5.45. The number of ketones is 1. The standard InChI is InChI=1S/C22H17ClN4O7S/c23-10-8-35-20(27-15(10)21(32)33)17(22(35)34)26-19(31)14(9-4-2-1-3-5-9)25-16-12(29)7-6-11(28)13(16)18(24)30/h1-7,14,17,20,27H,8H2,(H4-,24,25,26,28,30,31,32,33). The Labute approximate surface area is 205 Å². The molecule has 1 aromatic rings. The van der Waals surface area contributed by atoms with E-state index < -0.39 is 69.0 Å². The van der Waals surface area contributed by atoms with E-state index in [0.717, 1.165) is 12.2 Å². The second-order valence-corrected chi connectivity index (χ2v) is 10.1. The second-order valence-electron chi connectivity index (χ2n) is 7.62. The first-order chi connectivity index (χ1) is 16.6. The van der Waals surface area contributed by atoms with Crippen LogP contribution in [0.25, 0.3) is 0 Å². The highest BCUT2D eigenvalue weighted by molar-refractivity contribution is 8.14. The van der Waals surface area contributed by atoms with Crippen molar-refractivity contribution < 1.29 is 34.2 Å². The number of carboxylic acid groups (broad SMARTS) is 1. The van der Waals surface area contributed by atoms with E-state index in [-0.39, 0.29) is 21.6 Å². The van der Waals surface area contributed by atoms with E-state index in [9.17, 15) is 34.2 Å². The normalized spacial score (nSPS) is 25.5. The molecule has 35 heavy (non-hydrogen) atoms. The number of carbonyl (C=O) groups is 5. The minimum atomic E-state index is -1.54. The zero-order valence-corrected chi connectivity index (χ0v) is 19.3. The van der Waals surface area contributed by atoms with Gasteiger partial charge in [-0.1, -0.05) is 41.9 Å². The predicted molar refractivity (Wildman–Crippen MR) is 124 cm³/mol. The molecule has 2 heterocycles. The summed E-state index contributed by atoms with van der Waals surface area (Å²) in [7, 11) is -0.946. The number of aliphatic hydroxyl groups excluding tert-OH is 1. The van der Waals surface area contributed by atoms with Crippen LogP contribution in [0.3, 0.4) is 0 Å². The monoisotopic (exact) mass is 516 g/mol. The summed E-state index contributed by atoms with van der Waals surface area (Å²) in [6.45, 7) is 0. The Morgan fingerprint density at radius 1 is 1.23 bits per heavy atom. The quantitative estimate of drug-likeness (QED) is 0.256. The van der Waals surface area contributed by atoms with Gasteiger partial charge in [0.25, 0.3) is 5.91 Å². The number of nitrogens with zero attached hydrogens (tertiary/aromatic N) is 1. The molecule has 0 bridgehead atoms. The van der Waals surface area contributed by atoms with E-state index in [0.29, 0.717) is 5.56 Å². The van der Waals surface area contributed by atoms with Gasteiger partial charge in [-0.15, -0.1) is 0 Å². The summed E-state index contributed by atoms with van der Waals surface area (Å²) in [6.07, 6.45) is 1.97. The Morgan fingerprint density at radius 3 is 2.54 bits per heavy atom. The van der Waals surface area contributed by atoms with Gasteiger partial charge in [0, 0.05) is 0 Å². The number of nitrogens with one attached hydrogen (secondary N) is 2. The zero-order chi connectivity index (χ0) is 25.4. The summed E-state index contributed by atoms with van der Waals surface area (Å²) in [6, 6.07) is 5.54. The topological polar surface area (TPSA) is 191 Å². The fourth-order valence-corrected chi connectivity index (χ4v) is 6.32. The van der Waals surface area contributed by atoms with E-state index in [1.54, 1.807) is 30.3 Å². The smallest absolute Gasteiger partial charge is 0.363 e. The van der Waals surface area contributed by atoms with Crippen LogP contribution in [0.2, 0.25) is 0 Å². The molecule has 2 amide bonds. The Hall–Kier alpha value is -3.90. The Kier molecular flexibility index (Phi) is 6.50. The summed E-state index contributed by atoms with van der Waals surface area (Å²) >= 11 is 5.94. The Bertz CT molecular complexity index is 1290. The molecule has 13 heteroatoms. The first kappa shape index (κ1) is 24.2. The number of carboxylic acids is 1. The maximum absolute atomic E-state index is 13.3. The number of benzene rings is 1.